The molecule has 0 unspecified atom stereocenters. The Hall–Kier alpha value is -0.0800. The molecule has 0 saturated heterocycles. The minimum Gasteiger partial charge on any atom is -0.268 e. The van der Waals surface area contributed by atoms with Gasteiger partial charge in [0, 0.05) is 12.1 Å². The van der Waals surface area contributed by atoms with Gasteiger partial charge in [0.2, 0.25) is 0 Å². The summed E-state index contributed by atoms with van der Waals surface area (Å²) in [5.41, 5.74) is 0.328. The molecule has 2 N–H and O–H groups in total. The smallest absolute Gasteiger partial charge is 0.0346 e. The van der Waals surface area contributed by atoms with E-state index in [1.807, 2.05) is 5.01 Å². The highest BCUT2D eigenvalue weighted by Crippen LogP contribution is 2.36. The van der Waals surface area contributed by atoms with E-state index in [0.29, 0.717) is 0 Å². The maximum absolute atomic E-state index is 6.06. The summed E-state index contributed by atoms with van der Waals surface area (Å²) >= 11 is 0. The van der Waals surface area contributed by atoms with Crippen molar-refractivity contribution in [3.05, 3.63) is 0 Å². The molecule has 13 heavy (non-hydrogen) atoms. The molecule has 2 heteroatoms. The highest BCUT2D eigenvalue weighted by Gasteiger charge is 2.38. The normalized spacial score (nSPS) is 13.8. The predicted molar refractivity (Wildman–Crippen MR) is 59.3 cm³/mol. The summed E-state index contributed by atoms with van der Waals surface area (Å²) in [6.07, 6.45) is 2.26. The van der Waals surface area contributed by atoms with E-state index in [1.54, 1.807) is 0 Å². The zero-order valence-corrected chi connectivity index (χ0v) is 10.1. The third kappa shape index (κ3) is 2.68. The van der Waals surface area contributed by atoms with Crippen LogP contribution in [0.5, 0.6) is 0 Å². The molecule has 0 aliphatic rings. The van der Waals surface area contributed by atoms with Crippen LogP contribution in [0.25, 0.3) is 0 Å². The van der Waals surface area contributed by atoms with Crippen LogP contribution in [-0.2, 0) is 0 Å². The van der Waals surface area contributed by atoms with E-state index in [4.69, 9.17) is 5.84 Å². The first-order chi connectivity index (χ1) is 5.79. The van der Waals surface area contributed by atoms with E-state index in [0.717, 1.165) is 19.4 Å². The van der Waals surface area contributed by atoms with Gasteiger partial charge in [-0.2, -0.15) is 0 Å². The van der Waals surface area contributed by atoms with Crippen LogP contribution in [0.3, 0.4) is 0 Å². The monoisotopic (exact) mass is 186 g/mol. The lowest BCUT2D eigenvalue weighted by atomic mass is 9.72. The fourth-order valence-corrected chi connectivity index (χ4v) is 1.34. The summed E-state index contributed by atoms with van der Waals surface area (Å²) in [7, 11) is 0. The van der Waals surface area contributed by atoms with Crippen LogP contribution in [0, 0.1) is 5.41 Å². The Labute approximate surface area is 83.5 Å². The Bertz CT molecular complexity index is 150. The molecule has 0 saturated carbocycles. The van der Waals surface area contributed by atoms with Crippen molar-refractivity contribution in [1.29, 1.82) is 0 Å². The number of rotatable bonds is 5. The van der Waals surface area contributed by atoms with Crippen molar-refractivity contribution in [2.75, 3.05) is 6.54 Å². The second kappa shape index (κ2) is 4.43. The molecule has 0 aliphatic heterocycles. The van der Waals surface area contributed by atoms with Crippen LogP contribution in [0.15, 0.2) is 0 Å². The highest BCUT2D eigenvalue weighted by molar-refractivity contribution is 4.92. The molecule has 0 fully saturated rings. The predicted octanol–water partition coefficient (Wildman–Crippen LogP) is 2.79. The minimum absolute atomic E-state index is 0.0672. The lowest BCUT2D eigenvalue weighted by molar-refractivity contribution is 0.00742. The summed E-state index contributed by atoms with van der Waals surface area (Å²) < 4.78 is 0. The second-order valence-electron chi connectivity index (χ2n) is 4.99. The third-order valence-electron chi connectivity index (χ3n) is 3.72. The Morgan fingerprint density at radius 3 is 1.85 bits per heavy atom. The van der Waals surface area contributed by atoms with Crippen LogP contribution in [-0.4, -0.2) is 17.1 Å². The molecule has 0 amide bonds. The van der Waals surface area contributed by atoms with E-state index >= 15 is 0 Å². The van der Waals surface area contributed by atoms with Crippen LogP contribution >= 0.6 is 0 Å². The van der Waals surface area contributed by atoms with Gasteiger partial charge in [0.25, 0.3) is 0 Å². The Balaban J connectivity index is 4.53. The van der Waals surface area contributed by atoms with Crippen LogP contribution in [0.2, 0.25) is 0 Å². The molecule has 80 valence electrons. The standard InChI is InChI=1S/C11H26N2/c1-7-9-13(12)11(5,6)10(3,4)8-2/h7-9,12H2,1-6H3. The third-order valence-corrected chi connectivity index (χ3v) is 3.72. The Morgan fingerprint density at radius 1 is 1.08 bits per heavy atom. The molecule has 0 aliphatic carbocycles. The van der Waals surface area contributed by atoms with Gasteiger partial charge in [0.15, 0.2) is 0 Å². The largest absolute Gasteiger partial charge is 0.268 e. The molecule has 0 aromatic carbocycles. The lowest BCUT2D eigenvalue weighted by Gasteiger charge is -2.47. The molecule has 0 aromatic heterocycles. The van der Waals surface area contributed by atoms with Gasteiger partial charge in [-0.25, -0.2) is 5.01 Å². The molecular formula is C11H26N2. The zero-order valence-electron chi connectivity index (χ0n) is 10.1. The maximum Gasteiger partial charge on any atom is 0.0346 e. The van der Waals surface area contributed by atoms with Crippen molar-refractivity contribution >= 4 is 0 Å². The van der Waals surface area contributed by atoms with Crippen molar-refractivity contribution in [1.82, 2.24) is 5.01 Å². The van der Waals surface area contributed by atoms with E-state index in [9.17, 15) is 0 Å². The van der Waals surface area contributed by atoms with Gasteiger partial charge in [0.1, 0.15) is 0 Å². The SMILES string of the molecule is CCCN(N)C(C)(C)C(C)(C)CC. The van der Waals surface area contributed by atoms with E-state index in [2.05, 4.69) is 41.5 Å². The number of hydrazine groups is 1. The quantitative estimate of drug-likeness (QED) is 0.528. The van der Waals surface area contributed by atoms with Crippen molar-refractivity contribution in [2.45, 2.75) is 59.9 Å². The Morgan fingerprint density at radius 2 is 1.54 bits per heavy atom. The van der Waals surface area contributed by atoms with Gasteiger partial charge in [-0.15, -0.1) is 0 Å². The number of hydrogen-bond donors (Lipinski definition) is 1. The van der Waals surface area contributed by atoms with Crippen molar-refractivity contribution in [3.8, 4) is 0 Å². The van der Waals surface area contributed by atoms with Gasteiger partial charge in [0.05, 0.1) is 0 Å². The van der Waals surface area contributed by atoms with Gasteiger partial charge in [-0.3, -0.25) is 5.84 Å². The van der Waals surface area contributed by atoms with Gasteiger partial charge in [-0.1, -0.05) is 27.7 Å². The van der Waals surface area contributed by atoms with E-state index < -0.39 is 0 Å². The summed E-state index contributed by atoms with van der Waals surface area (Å²) in [4.78, 5) is 0. The van der Waals surface area contributed by atoms with Crippen molar-refractivity contribution < 1.29 is 0 Å². The second-order valence-corrected chi connectivity index (χ2v) is 4.99. The van der Waals surface area contributed by atoms with Gasteiger partial charge in [-0.05, 0) is 32.1 Å². The maximum atomic E-state index is 6.06. The van der Waals surface area contributed by atoms with Crippen LogP contribution in [0.1, 0.15) is 54.4 Å². The minimum atomic E-state index is 0.0672. The van der Waals surface area contributed by atoms with Crippen LogP contribution in [0.4, 0.5) is 0 Å². The summed E-state index contributed by atoms with van der Waals surface area (Å²) in [5, 5.41) is 1.98. The summed E-state index contributed by atoms with van der Waals surface area (Å²) in [6, 6.07) is 0. The fraction of sp³-hybridized carbons (Fsp3) is 1.00. The molecule has 0 atom stereocenters. The topological polar surface area (TPSA) is 29.3 Å². The average molecular weight is 186 g/mol. The molecule has 0 bridgehead atoms. The molecule has 0 radical (unpaired) electrons. The lowest BCUT2D eigenvalue weighted by Crippen LogP contribution is -2.57. The molecule has 0 aromatic rings. The summed E-state index contributed by atoms with van der Waals surface area (Å²) in [6.45, 7) is 14.4. The van der Waals surface area contributed by atoms with E-state index in [-0.39, 0.29) is 11.0 Å². The first-order valence-corrected chi connectivity index (χ1v) is 5.32. The zero-order chi connectivity index (χ0) is 10.7. The first-order valence-electron chi connectivity index (χ1n) is 5.32. The van der Waals surface area contributed by atoms with Gasteiger partial charge >= 0.3 is 0 Å². The van der Waals surface area contributed by atoms with Crippen molar-refractivity contribution in [2.24, 2.45) is 11.3 Å². The molecular weight excluding hydrogens is 160 g/mol. The fourth-order valence-electron chi connectivity index (χ4n) is 1.34. The average Bonchev–Trinajstić information content (AvgIpc) is 2.04. The molecule has 0 spiro atoms. The van der Waals surface area contributed by atoms with Gasteiger partial charge < -0.3 is 0 Å². The number of hydrogen-bond acceptors (Lipinski definition) is 2. The van der Waals surface area contributed by atoms with Crippen LogP contribution < -0.4 is 5.84 Å². The first kappa shape index (κ1) is 12.9. The molecule has 0 heterocycles. The molecule has 2 nitrogen and oxygen atoms in total. The summed E-state index contributed by atoms with van der Waals surface area (Å²) in [5.74, 6) is 6.06. The molecule has 0 rings (SSSR count). The highest BCUT2D eigenvalue weighted by atomic mass is 15.4. The Kier molecular flexibility index (Phi) is 4.40. The number of nitrogens with zero attached hydrogens (tertiary/aromatic N) is 1. The number of nitrogens with two attached hydrogens (primary N) is 1. The van der Waals surface area contributed by atoms with Crippen molar-refractivity contribution in [3.63, 3.8) is 0 Å². The van der Waals surface area contributed by atoms with E-state index in [1.165, 1.54) is 0 Å².